The molecular weight excluding hydrogens is 267 g/mol. The van der Waals surface area contributed by atoms with Crippen LogP contribution >= 0.6 is 0 Å². The normalized spacial score (nSPS) is 10.5. The zero-order chi connectivity index (χ0) is 14.8. The molecule has 0 saturated carbocycles. The lowest BCUT2D eigenvalue weighted by Gasteiger charge is -2.06. The first kappa shape index (κ1) is 13.1. The van der Waals surface area contributed by atoms with Crippen LogP contribution in [0.4, 0.5) is 4.39 Å². The number of aromatic nitrogens is 1. The summed E-state index contributed by atoms with van der Waals surface area (Å²) < 4.78 is 15.4. The molecule has 1 heterocycles. The summed E-state index contributed by atoms with van der Waals surface area (Å²) in [6, 6.07) is 15.1. The summed E-state index contributed by atoms with van der Waals surface area (Å²) in [6.45, 7) is 0.0658. The van der Waals surface area contributed by atoms with Gasteiger partial charge in [0.2, 0.25) is 0 Å². The number of halogens is 1. The first-order valence-electron chi connectivity index (χ1n) is 6.46. The summed E-state index contributed by atoms with van der Waals surface area (Å²) in [7, 11) is 0. The van der Waals surface area contributed by atoms with E-state index in [0.717, 1.165) is 10.9 Å². The first-order chi connectivity index (χ1) is 10.2. The molecule has 21 heavy (non-hydrogen) atoms. The van der Waals surface area contributed by atoms with E-state index in [9.17, 15) is 9.18 Å². The van der Waals surface area contributed by atoms with Crippen LogP contribution in [0.15, 0.2) is 54.7 Å². The molecule has 0 unspecified atom stereocenters. The number of Topliss-reactive ketones (excluding diaryl/α,β-unsaturated/α-hetero) is 1. The van der Waals surface area contributed by atoms with Crippen LogP contribution in [0.1, 0.15) is 15.9 Å². The van der Waals surface area contributed by atoms with Crippen LogP contribution in [0.5, 0.6) is 0 Å². The monoisotopic (exact) mass is 278 g/mol. The van der Waals surface area contributed by atoms with Crippen LogP contribution in [0, 0.1) is 17.1 Å². The van der Waals surface area contributed by atoms with Crippen molar-refractivity contribution in [3.05, 3.63) is 71.7 Å². The van der Waals surface area contributed by atoms with E-state index in [4.69, 9.17) is 5.26 Å². The molecule has 0 aliphatic heterocycles. The van der Waals surface area contributed by atoms with Gasteiger partial charge in [-0.05, 0) is 36.4 Å². The van der Waals surface area contributed by atoms with Crippen LogP contribution in [0.3, 0.4) is 0 Å². The van der Waals surface area contributed by atoms with E-state index in [2.05, 4.69) is 6.07 Å². The van der Waals surface area contributed by atoms with Crippen LogP contribution in [0.2, 0.25) is 0 Å². The van der Waals surface area contributed by atoms with Gasteiger partial charge in [-0.25, -0.2) is 4.39 Å². The second kappa shape index (κ2) is 5.22. The lowest BCUT2D eigenvalue weighted by molar-refractivity contribution is 0.0969. The second-order valence-corrected chi connectivity index (χ2v) is 4.73. The predicted octanol–water partition coefficient (Wildman–Crippen LogP) is 3.53. The SMILES string of the molecule is N#Cc1ccc2c(ccn2CC(=O)c2ccccc2F)c1. The van der Waals surface area contributed by atoms with Gasteiger partial charge < -0.3 is 4.57 Å². The molecule has 2 aromatic carbocycles. The summed E-state index contributed by atoms with van der Waals surface area (Å²) >= 11 is 0. The van der Waals surface area contributed by atoms with Gasteiger partial charge in [0.25, 0.3) is 0 Å². The fourth-order valence-corrected chi connectivity index (χ4v) is 2.33. The molecule has 0 N–H and O–H groups in total. The van der Waals surface area contributed by atoms with Crippen LogP contribution in [-0.2, 0) is 6.54 Å². The van der Waals surface area contributed by atoms with Gasteiger partial charge in [0.15, 0.2) is 5.78 Å². The van der Waals surface area contributed by atoms with E-state index in [-0.39, 0.29) is 17.9 Å². The van der Waals surface area contributed by atoms with Crippen LogP contribution in [0.25, 0.3) is 10.9 Å². The Bertz CT molecular complexity index is 874. The summed E-state index contributed by atoms with van der Waals surface area (Å²) in [5.74, 6) is -0.791. The molecule has 3 nitrogen and oxygen atoms in total. The average Bonchev–Trinajstić information content (AvgIpc) is 2.89. The summed E-state index contributed by atoms with van der Waals surface area (Å²) in [5.41, 5.74) is 1.51. The maximum atomic E-state index is 13.6. The minimum absolute atomic E-state index is 0.0658. The highest BCUT2D eigenvalue weighted by Gasteiger charge is 2.12. The number of nitriles is 1. The Labute approximate surface area is 120 Å². The maximum Gasteiger partial charge on any atom is 0.185 e. The third-order valence-corrected chi connectivity index (χ3v) is 3.39. The van der Waals surface area contributed by atoms with Gasteiger partial charge in [-0.3, -0.25) is 4.79 Å². The van der Waals surface area contributed by atoms with E-state index in [1.807, 2.05) is 6.07 Å². The second-order valence-electron chi connectivity index (χ2n) is 4.73. The van der Waals surface area contributed by atoms with Crippen molar-refractivity contribution >= 4 is 16.7 Å². The van der Waals surface area contributed by atoms with Gasteiger partial charge in [0.05, 0.1) is 23.7 Å². The highest BCUT2D eigenvalue weighted by Crippen LogP contribution is 2.18. The molecule has 0 aliphatic rings. The summed E-state index contributed by atoms with van der Waals surface area (Å²) in [5, 5.41) is 9.76. The number of nitrogens with zero attached hydrogens (tertiary/aromatic N) is 2. The Kier molecular flexibility index (Phi) is 3.25. The minimum atomic E-state index is -0.509. The Balaban J connectivity index is 1.94. The predicted molar refractivity (Wildman–Crippen MR) is 77.4 cm³/mol. The molecule has 0 atom stereocenters. The van der Waals surface area contributed by atoms with Gasteiger partial charge in [-0.2, -0.15) is 5.26 Å². The maximum absolute atomic E-state index is 13.6. The molecule has 0 amide bonds. The first-order valence-corrected chi connectivity index (χ1v) is 6.46. The number of carbonyl (C=O) groups excluding carboxylic acids is 1. The number of carbonyl (C=O) groups is 1. The molecule has 0 spiro atoms. The van der Waals surface area contributed by atoms with E-state index >= 15 is 0 Å². The Morgan fingerprint density at radius 1 is 1.19 bits per heavy atom. The number of hydrogen-bond donors (Lipinski definition) is 0. The molecular formula is C17H11FN2O. The zero-order valence-electron chi connectivity index (χ0n) is 11.1. The summed E-state index contributed by atoms with van der Waals surface area (Å²) in [6.07, 6.45) is 1.77. The zero-order valence-corrected chi connectivity index (χ0v) is 11.1. The van der Waals surface area contributed by atoms with Crippen LogP contribution in [-0.4, -0.2) is 10.4 Å². The van der Waals surface area contributed by atoms with E-state index in [1.54, 1.807) is 41.1 Å². The van der Waals surface area contributed by atoms with Crippen molar-refractivity contribution in [1.29, 1.82) is 5.26 Å². The van der Waals surface area contributed by atoms with Gasteiger partial charge in [-0.1, -0.05) is 12.1 Å². The van der Waals surface area contributed by atoms with Gasteiger partial charge in [0.1, 0.15) is 5.82 Å². The van der Waals surface area contributed by atoms with Crippen molar-refractivity contribution in [1.82, 2.24) is 4.57 Å². The van der Waals surface area contributed by atoms with Crippen molar-refractivity contribution in [2.75, 3.05) is 0 Å². The number of rotatable bonds is 3. The average molecular weight is 278 g/mol. The summed E-state index contributed by atoms with van der Waals surface area (Å²) in [4.78, 5) is 12.2. The largest absolute Gasteiger partial charge is 0.340 e. The molecule has 3 rings (SSSR count). The molecule has 3 aromatic rings. The van der Waals surface area contributed by atoms with E-state index in [0.29, 0.717) is 5.56 Å². The Morgan fingerprint density at radius 3 is 2.76 bits per heavy atom. The van der Waals surface area contributed by atoms with E-state index < -0.39 is 5.82 Å². The number of benzene rings is 2. The lowest BCUT2D eigenvalue weighted by atomic mass is 10.1. The molecule has 0 aliphatic carbocycles. The van der Waals surface area contributed by atoms with Crippen LogP contribution < -0.4 is 0 Å². The highest BCUT2D eigenvalue weighted by molar-refractivity contribution is 5.97. The van der Waals surface area contributed by atoms with Crippen molar-refractivity contribution in [3.8, 4) is 6.07 Å². The quantitative estimate of drug-likeness (QED) is 0.688. The number of ketones is 1. The Morgan fingerprint density at radius 2 is 2.00 bits per heavy atom. The van der Waals surface area contributed by atoms with Gasteiger partial charge in [-0.15, -0.1) is 0 Å². The molecule has 4 heteroatoms. The number of fused-ring (bicyclic) bond motifs is 1. The van der Waals surface area contributed by atoms with E-state index in [1.165, 1.54) is 12.1 Å². The lowest BCUT2D eigenvalue weighted by Crippen LogP contribution is -2.11. The molecule has 0 fully saturated rings. The number of hydrogen-bond acceptors (Lipinski definition) is 2. The third-order valence-electron chi connectivity index (χ3n) is 3.39. The van der Waals surface area contributed by atoms with Crippen molar-refractivity contribution in [2.45, 2.75) is 6.54 Å². The van der Waals surface area contributed by atoms with Crippen molar-refractivity contribution in [3.63, 3.8) is 0 Å². The molecule has 0 bridgehead atoms. The smallest absolute Gasteiger partial charge is 0.185 e. The minimum Gasteiger partial charge on any atom is -0.340 e. The van der Waals surface area contributed by atoms with Gasteiger partial charge in [0, 0.05) is 17.1 Å². The van der Waals surface area contributed by atoms with Crippen molar-refractivity contribution < 1.29 is 9.18 Å². The fourth-order valence-electron chi connectivity index (χ4n) is 2.33. The third kappa shape index (κ3) is 2.41. The molecule has 0 radical (unpaired) electrons. The van der Waals surface area contributed by atoms with Gasteiger partial charge >= 0.3 is 0 Å². The van der Waals surface area contributed by atoms with Crippen molar-refractivity contribution in [2.24, 2.45) is 0 Å². The standard InChI is InChI=1S/C17H11FN2O/c18-15-4-2-1-3-14(15)17(21)11-20-8-7-13-9-12(10-19)5-6-16(13)20/h1-9H,11H2. The molecule has 0 saturated heterocycles. The molecule has 1 aromatic heterocycles. The fraction of sp³-hybridized carbons (Fsp3) is 0.0588. The highest BCUT2D eigenvalue weighted by atomic mass is 19.1. The molecule has 102 valence electrons. The Hall–Kier alpha value is -2.93. The topological polar surface area (TPSA) is 45.8 Å².